The van der Waals surface area contributed by atoms with E-state index in [-0.39, 0.29) is 0 Å². The van der Waals surface area contributed by atoms with Gasteiger partial charge in [0.1, 0.15) is 0 Å². The van der Waals surface area contributed by atoms with E-state index in [4.69, 9.17) is 9.97 Å². The van der Waals surface area contributed by atoms with E-state index in [0.29, 0.717) is 5.82 Å². The zero-order valence-electron chi connectivity index (χ0n) is 30.3. The monoisotopic (exact) mass is 731 g/mol. The van der Waals surface area contributed by atoms with Gasteiger partial charge in [-0.2, -0.15) is 0 Å². The van der Waals surface area contributed by atoms with Gasteiger partial charge in [0, 0.05) is 53.3 Å². The Morgan fingerprint density at radius 3 is 1.70 bits per heavy atom. The van der Waals surface area contributed by atoms with Gasteiger partial charge < -0.3 is 4.57 Å². The molecular formula is C52H33N3S. The molecule has 0 saturated heterocycles. The summed E-state index contributed by atoms with van der Waals surface area (Å²) in [6, 6.07) is 71.4. The van der Waals surface area contributed by atoms with Crippen molar-refractivity contribution in [3.63, 3.8) is 0 Å². The number of benzene rings is 8. The Morgan fingerprint density at radius 1 is 0.321 bits per heavy atom. The number of nitrogens with zero attached hydrogens (tertiary/aromatic N) is 3. The maximum Gasteiger partial charge on any atom is 0.160 e. The van der Waals surface area contributed by atoms with Gasteiger partial charge in [0.25, 0.3) is 0 Å². The molecule has 11 rings (SSSR count). The first-order valence-electron chi connectivity index (χ1n) is 18.9. The molecule has 0 N–H and O–H groups in total. The molecule has 0 spiro atoms. The van der Waals surface area contributed by atoms with Crippen molar-refractivity contribution in [3.8, 4) is 61.8 Å². The maximum atomic E-state index is 5.30. The summed E-state index contributed by atoms with van der Waals surface area (Å²) in [7, 11) is 0. The SMILES string of the molecule is c1ccc(-c2ccc(-c3cccc(-c4cc(-c5ccccc5)nc(-c5ccc6c7ccccc7n(-c7ccc8sc9ccccc9c8c7)c6c5)n4)c3)cc2)cc1. The van der Waals surface area contributed by atoms with Gasteiger partial charge in [0.15, 0.2) is 5.82 Å². The van der Waals surface area contributed by atoms with Crippen LogP contribution in [0.1, 0.15) is 0 Å². The van der Waals surface area contributed by atoms with Gasteiger partial charge in [-0.05, 0) is 70.8 Å². The zero-order valence-corrected chi connectivity index (χ0v) is 31.1. The lowest BCUT2D eigenvalue weighted by Crippen LogP contribution is -1.97. The molecule has 0 aliphatic heterocycles. The number of aromatic nitrogens is 3. The van der Waals surface area contributed by atoms with Crippen molar-refractivity contribution in [1.29, 1.82) is 0 Å². The third kappa shape index (κ3) is 5.58. The lowest BCUT2D eigenvalue weighted by atomic mass is 9.98. The topological polar surface area (TPSA) is 30.7 Å². The summed E-state index contributed by atoms with van der Waals surface area (Å²) in [6.45, 7) is 0. The van der Waals surface area contributed by atoms with Crippen LogP contribution in [0.15, 0.2) is 200 Å². The number of fused-ring (bicyclic) bond motifs is 6. The van der Waals surface area contributed by atoms with Crippen LogP contribution in [0.4, 0.5) is 0 Å². The molecule has 3 aromatic heterocycles. The van der Waals surface area contributed by atoms with Gasteiger partial charge in [0.2, 0.25) is 0 Å². The van der Waals surface area contributed by atoms with Crippen molar-refractivity contribution in [2.45, 2.75) is 0 Å². The Hall–Kier alpha value is -7.14. The Labute approximate surface area is 328 Å². The highest BCUT2D eigenvalue weighted by Gasteiger charge is 2.17. The number of hydrogen-bond acceptors (Lipinski definition) is 3. The highest BCUT2D eigenvalue weighted by molar-refractivity contribution is 7.25. The number of para-hydroxylation sites is 1. The summed E-state index contributed by atoms with van der Waals surface area (Å²) in [6.07, 6.45) is 0. The molecule has 0 atom stereocenters. The third-order valence-corrected chi connectivity index (χ3v) is 12.0. The molecular weight excluding hydrogens is 699 g/mol. The lowest BCUT2D eigenvalue weighted by molar-refractivity contribution is 1.17. The summed E-state index contributed by atoms with van der Waals surface area (Å²) in [5, 5.41) is 4.99. The van der Waals surface area contributed by atoms with E-state index < -0.39 is 0 Å². The average Bonchev–Trinajstić information content (AvgIpc) is 3.82. The third-order valence-electron chi connectivity index (χ3n) is 10.8. The number of thiophene rings is 1. The van der Waals surface area contributed by atoms with Crippen molar-refractivity contribution in [2.24, 2.45) is 0 Å². The first-order chi connectivity index (χ1) is 27.7. The van der Waals surface area contributed by atoms with E-state index in [0.717, 1.165) is 50.4 Å². The van der Waals surface area contributed by atoms with Crippen LogP contribution in [0.25, 0.3) is 104 Å². The summed E-state index contributed by atoms with van der Waals surface area (Å²) in [5.74, 6) is 0.692. The first kappa shape index (κ1) is 32.3. The van der Waals surface area contributed by atoms with E-state index in [2.05, 4.69) is 199 Å². The Kier molecular flexibility index (Phi) is 7.68. The van der Waals surface area contributed by atoms with Crippen LogP contribution in [-0.4, -0.2) is 14.5 Å². The molecule has 0 aliphatic carbocycles. The second-order valence-corrected chi connectivity index (χ2v) is 15.3. The maximum absolute atomic E-state index is 5.30. The summed E-state index contributed by atoms with van der Waals surface area (Å²) >= 11 is 1.85. The van der Waals surface area contributed by atoms with E-state index >= 15 is 0 Å². The number of rotatable bonds is 6. The van der Waals surface area contributed by atoms with Crippen LogP contribution in [-0.2, 0) is 0 Å². The van der Waals surface area contributed by atoms with E-state index in [1.165, 1.54) is 47.6 Å². The molecule has 11 aromatic rings. The average molecular weight is 732 g/mol. The van der Waals surface area contributed by atoms with Gasteiger partial charge >= 0.3 is 0 Å². The van der Waals surface area contributed by atoms with Gasteiger partial charge in [0.05, 0.1) is 22.4 Å². The highest BCUT2D eigenvalue weighted by atomic mass is 32.1. The molecule has 0 saturated carbocycles. The molecule has 3 nitrogen and oxygen atoms in total. The summed E-state index contributed by atoms with van der Waals surface area (Å²) in [5.41, 5.74) is 13.0. The molecule has 0 unspecified atom stereocenters. The Morgan fingerprint density at radius 2 is 0.893 bits per heavy atom. The largest absolute Gasteiger partial charge is 0.309 e. The molecule has 8 aromatic carbocycles. The molecule has 0 bridgehead atoms. The van der Waals surface area contributed by atoms with Crippen LogP contribution in [0.5, 0.6) is 0 Å². The van der Waals surface area contributed by atoms with E-state index in [1.807, 2.05) is 17.4 Å². The predicted molar refractivity (Wildman–Crippen MR) is 236 cm³/mol. The van der Waals surface area contributed by atoms with Crippen LogP contribution in [0.3, 0.4) is 0 Å². The summed E-state index contributed by atoms with van der Waals surface area (Å²) < 4.78 is 5.00. The number of hydrogen-bond donors (Lipinski definition) is 0. The zero-order chi connectivity index (χ0) is 37.0. The van der Waals surface area contributed by atoms with Crippen molar-refractivity contribution in [2.75, 3.05) is 0 Å². The molecule has 4 heteroatoms. The standard InChI is InChI=1S/C52H33N3S/c1-3-12-34(13-4-1)35-22-24-36(25-23-35)38-16-11-17-39(30-38)47-33-46(37-14-5-2-6-15-37)53-52(54-47)40-26-28-43-42-18-7-9-20-48(42)55(49(43)31-40)41-27-29-51-45(32-41)44-19-8-10-21-50(44)56-51/h1-33H. The fourth-order valence-electron chi connectivity index (χ4n) is 8.07. The summed E-state index contributed by atoms with van der Waals surface area (Å²) in [4.78, 5) is 10.5. The predicted octanol–water partition coefficient (Wildman–Crippen LogP) is 14.3. The first-order valence-corrected chi connectivity index (χ1v) is 19.7. The van der Waals surface area contributed by atoms with Crippen LogP contribution in [0.2, 0.25) is 0 Å². The molecule has 262 valence electrons. The minimum Gasteiger partial charge on any atom is -0.309 e. The van der Waals surface area contributed by atoms with Gasteiger partial charge in [-0.1, -0.05) is 152 Å². The molecule has 0 aliphatic rings. The fourth-order valence-corrected chi connectivity index (χ4v) is 9.15. The molecule has 56 heavy (non-hydrogen) atoms. The molecule has 3 heterocycles. The van der Waals surface area contributed by atoms with Crippen molar-refractivity contribution >= 4 is 53.3 Å². The van der Waals surface area contributed by atoms with Crippen LogP contribution < -0.4 is 0 Å². The van der Waals surface area contributed by atoms with E-state index in [9.17, 15) is 0 Å². The molecule has 0 radical (unpaired) electrons. The normalized spacial score (nSPS) is 11.6. The van der Waals surface area contributed by atoms with Crippen LogP contribution >= 0.6 is 11.3 Å². The Balaban J connectivity index is 1.06. The Bertz CT molecular complexity index is 3230. The van der Waals surface area contributed by atoms with Gasteiger partial charge in [-0.3, -0.25) is 0 Å². The van der Waals surface area contributed by atoms with Crippen LogP contribution in [0, 0.1) is 0 Å². The lowest BCUT2D eigenvalue weighted by Gasteiger charge is -2.12. The van der Waals surface area contributed by atoms with E-state index in [1.54, 1.807) is 0 Å². The van der Waals surface area contributed by atoms with Crippen molar-refractivity contribution in [3.05, 3.63) is 200 Å². The van der Waals surface area contributed by atoms with Gasteiger partial charge in [-0.25, -0.2) is 9.97 Å². The second-order valence-electron chi connectivity index (χ2n) is 14.2. The smallest absolute Gasteiger partial charge is 0.160 e. The van der Waals surface area contributed by atoms with Crippen molar-refractivity contribution < 1.29 is 0 Å². The quantitative estimate of drug-likeness (QED) is 0.170. The minimum atomic E-state index is 0.692. The van der Waals surface area contributed by atoms with Gasteiger partial charge in [-0.15, -0.1) is 11.3 Å². The second kappa shape index (κ2) is 13.3. The molecule has 0 amide bonds. The minimum absolute atomic E-state index is 0.692. The highest BCUT2D eigenvalue weighted by Crippen LogP contribution is 2.39. The molecule has 0 fully saturated rings. The fraction of sp³-hybridized carbons (Fsp3) is 0. The van der Waals surface area contributed by atoms with Crippen molar-refractivity contribution in [1.82, 2.24) is 14.5 Å².